The second kappa shape index (κ2) is 8.80. The van der Waals surface area contributed by atoms with Crippen LogP contribution in [0.4, 0.5) is 5.69 Å². The summed E-state index contributed by atoms with van der Waals surface area (Å²) in [6.45, 7) is 3.98. The number of methoxy groups -OCH3 is 1. The Hall–Kier alpha value is -4.32. The Labute approximate surface area is 203 Å². The van der Waals surface area contributed by atoms with Gasteiger partial charge in [0.25, 0.3) is 11.7 Å². The van der Waals surface area contributed by atoms with Crippen LogP contribution in [-0.4, -0.2) is 28.9 Å². The average molecular weight is 467 g/mol. The van der Waals surface area contributed by atoms with Crippen LogP contribution in [0.25, 0.3) is 16.7 Å². The number of carbonyl (C=O) groups excluding carboxylic acids is 2. The summed E-state index contributed by atoms with van der Waals surface area (Å²) in [5.74, 6) is -1.09. The summed E-state index contributed by atoms with van der Waals surface area (Å²) in [5.41, 5.74) is 4.69. The molecule has 0 saturated carbocycles. The molecule has 1 saturated heterocycles. The molecule has 1 amide bonds. The minimum Gasteiger partial charge on any atom is -0.507 e. The van der Waals surface area contributed by atoms with E-state index in [-0.39, 0.29) is 11.3 Å². The molecule has 2 N–H and O–H groups in total. The third-order valence-corrected chi connectivity index (χ3v) is 6.63. The number of ketones is 1. The first kappa shape index (κ1) is 22.5. The van der Waals surface area contributed by atoms with Crippen molar-refractivity contribution in [2.24, 2.45) is 0 Å². The van der Waals surface area contributed by atoms with E-state index in [4.69, 9.17) is 4.74 Å². The monoisotopic (exact) mass is 466 g/mol. The summed E-state index contributed by atoms with van der Waals surface area (Å²) in [5, 5.41) is 12.3. The average Bonchev–Trinajstić information content (AvgIpc) is 3.35. The molecular formula is C29H26N2O4. The number of nitrogens with zero attached hydrogens (tertiary/aromatic N) is 1. The molecule has 3 aromatic carbocycles. The van der Waals surface area contributed by atoms with Gasteiger partial charge in [-0.25, -0.2) is 0 Å². The topological polar surface area (TPSA) is 82.6 Å². The van der Waals surface area contributed by atoms with Crippen LogP contribution in [-0.2, 0) is 16.0 Å². The van der Waals surface area contributed by atoms with E-state index in [9.17, 15) is 14.7 Å². The van der Waals surface area contributed by atoms with Crippen molar-refractivity contribution in [3.8, 4) is 5.75 Å². The minimum atomic E-state index is -0.801. The highest BCUT2D eigenvalue weighted by Crippen LogP contribution is 2.45. The maximum Gasteiger partial charge on any atom is 0.300 e. The minimum absolute atomic E-state index is 0.0516. The fraction of sp³-hybridized carbons (Fsp3) is 0.172. The van der Waals surface area contributed by atoms with Crippen LogP contribution in [0, 0.1) is 6.92 Å². The predicted octanol–water partition coefficient (Wildman–Crippen LogP) is 5.67. The number of H-pyrrole nitrogens is 1. The number of aryl methyl sites for hydroxylation is 2. The first-order chi connectivity index (χ1) is 16.9. The number of Topliss-reactive ketones (excluding diaryl/α,β-unsaturated/α-hetero) is 1. The van der Waals surface area contributed by atoms with E-state index in [0.29, 0.717) is 17.0 Å². The lowest BCUT2D eigenvalue weighted by molar-refractivity contribution is -0.132. The zero-order valence-electron chi connectivity index (χ0n) is 19.8. The van der Waals surface area contributed by atoms with E-state index in [1.165, 1.54) is 12.0 Å². The SMILES string of the molecule is CCc1ccc(N2C(=O)C(=O)/C(=C(/O)c3cccc(OC)c3)C2c2c(C)[nH]c3ccccc23)cc1. The van der Waals surface area contributed by atoms with Gasteiger partial charge in [-0.2, -0.15) is 0 Å². The van der Waals surface area contributed by atoms with Gasteiger partial charge >= 0.3 is 0 Å². The number of anilines is 1. The van der Waals surface area contributed by atoms with Crippen molar-refractivity contribution in [1.82, 2.24) is 4.98 Å². The highest BCUT2D eigenvalue weighted by Gasteiger charge is 2.48. The number of nitrogens with one attached hydrogen (secondary N) is 1. The van der Waals surface area contributed by atoms with Crippen LogP contribution in [0.15, 0.2) is 78.4 Å². The van der Waals surface area contributed by atoms with Crippen molar-refractivity contribution in [3.05, 3.63) is 101 Å². The molecule has 1 aliphatic heterocycles. The number of ether oxygens (including phenoxy) is 1. The van der Waals surface area contributed by atoms with E-state index < -0.39 is 17.7 Å². The molecule has 5 rings (SSSR count). The Morgan fingerprint density at radius 3 is 2.49 bits per heavy atom. The van der Waals surface area contributed by atoms with Gasteiger partial charge < -0.3 is 14.8 Å². The molecule has 4 aromatic rings. The summed E-state index contributed by atoms with van der Waals surface area (Å²) in [4.78, 5) is 31.8. The first-order valence-corrected chi connectivity index (χ1v) is 11.6. The van der Waals surface area contributed by atoms with Crippen molar-refractivity contribution in [3.63, 3.8) is 0 Å². The molecule has 2 heterocycles. The Balaban J connectivity index is 1.79. The lowest BCUT2D eigenvalue weighted by atomic mass is 9.93. The van der Waals surface area contributed by atoms with Crippen molar-refractivity contribution >= 4 is 34.0 Å². The normalized spacial score (nSPS) is 17.3. The first-order valence-electron chi connectivity index (χ1n) is 11.6. The molecule has 0 radical (unpaired) electrons. The van der Waals surface area contributed by atoms with Gasteiger partial charge in [-0.05, 0) is 49.2 Å². The second-order valence-electron chi connectivity index (χ2n) is 8.63. The zero-order chi connectivity index (χ0) is 24.7. The van der Waals surface area contributed by atoms with Gasteiger partial charge in [0, 0.05) is 33.4 Å². The van der Waals surface area contributed by atoms with Gasteiger partial charge in [-0.3, -0.25) is 14.5 Å². The largest absolute Gasteiger partial charge is 0.507 e. The van der Waals surface area contributed by atoms with Crippen LogP contribution >= 0.6 is 0 Å². The van der Waals surface area contributed by atoms with Gasteiger partial charge in [0.1, 0.15) is 11.5 Å². The van der Waals surface area contributed by atoms with Crippen LogP contribution in [0.2, 0.25) is 0 Å². The van der Waals surface area contributed by atoms with Crippen LogP contribution in [0.3, 0.4) is 0 Å². The predicted molar refractivity (Wildman–Crippen MR) is 137 cm³/mol. The van der Waals surface area contributed by atoms with E-state index >= 15 is 0 Å². The summed E-state index contributed by atoms with van der Waals surface area (Å²) in [6.07, 6.45) is 0.861. The number of carbonyl (C=O) groups is 2. The summed E-state index contributed by atoms with van der Waals surface area (Å²) in [7, 11) is 1.54. The highest BCUT2D eigenvalue weighted by atomic mass is 16.5. The third kappa shape index (κ3) is 3.67. The smallest absolute Gasteiger partial charge is 0.300 e. The molecule has 1 aromatic heterocycles. The lowest BCUT2D eigenvalue weighted by Gasteiger charge is -2.26. The van der Waals surface area contributed by atoms with Crippen LogP contribution < -0.4 is 9.64 Å². The zero-order valence-corrected chi connectivity index (χ0v) is 19.8. The standard InChI is InChI=1S/C29H26N2O4/c1-4-18-12-14-20(15-13-18)31-26(24-17(2)30-23-11-6-5-10-22(23)24)25(28(33)29(31)34)27(32)19-8-7-9-21(16-19)35-3/h5-16,26,30,32H,4H2,1-3H3/b27-25+. The number of aromatic amines is 1. The van der Waals surface area contributed by atoms with E-state index in [2.05, 4.69) is 11.9 Å². The molecule has 176 valence electrons. The highest BCUT2D eigenvalue weighted by molar-refractivity contribution is 6.52. The van der Waals surface area contributed by atoms with Gasteiger partial charge in [0.05, 0.1) is 18.7 Å². The Morgan fingerprint density at radius 1 is 1.03 bits per heavy atom. The van der Waals surface area contributed by atoms with Gasteiger partial charge in [0.15, 0.2) is 0 Å². The van der Waals surface area contributed by atoms with Gasteiger partial charge in [0.2, 0.25) is 0 Å². The summed E-state index contributed by atoms with van der Waals surface area (Å²) < 4.78 is 5.30. The maximum absolute atomic E-state index is 13.5. The van der Waals surface area contributed by atoms with Gasteiger partial charge in [-0.1, -0.05) is 49.4 Å². The number of amides is 1. The Kier molecular flexibility index (Phi) is 5.65. The van der Waals surface area contributed by atoms with Gasteiger partial charge in [-0.15, -0.1) is 0 Å². The van der Waals surface area contributed by atoms with E-state index in [1.54, 1.807) is 24.3 Å². The van der Waals surface area contributed by atoms with E-state index in [1.807, 2.05) is 55.5 Å². The molecule has 6 nitrogen and oxygen atoms in total. The summed E-state index contributed by atoms with van der Waals surface area (Å²) >= 11 is 0. The number of hydrogen-bond donors (Lipinski definition) is 2. The quantitative estimate of drug-likeness (QED) is 0.225. The number of benzene rings is 3. The molecule has 0 aliphatic carbocycles. The Morgan fingerprint density at radius 2 is 1.77 bits per heavy atom. The van der Waals surface area contributed by atoms with Crippen molar-refractivity contribution in [1.29, 1.82) is 0 Å². The number of aromatic nitrogens is 1. The number of hydrogen-bond acceptors (Lipinski definition) is 4. The number of aliphatic hydroxyl groups excluding tert-OH is 1. The molecule has 6 heteroatoms. The molecule has 1 atom stereocenters. The molecule has 0 bridgehead atoms. The second-order valence-corrected chi connectivity index (χ2v) is 8.63. The Bertz CT molecular complexity index is 1480. The number of fused-ring (bicyclic) bond motifs is 1. The fourth-order valence-electron chi connectivity index (χ4n) is 4.84. The lowest BCUT2D eigenvalue weighted by Crippen LogP contribution is -2.29. The number of aliphatic hydroxyl groups is 1. The van der Waals surface area contributed by atoms with Crippen LogP contribution in [0.5, 0.6) is 5.75 Å². The third-order valence-electron chi connectivity index (χ3n) is 6.63. The molecule has 1 unspecified atom stereocenters. The molecule has 1 fully saturated rings. The van der Waals surface area contributed by atoms with Crippen molar-refractivity contribution in [2.45, 2.75) is 26.3 Å². The maximum atomic E-state index is 13.5. The summed E-state index contributed by atoms with van der Waals surface area (Å²) in [6, 6.07) is 21.4. The number of rotatable bonds is 5. The van der Waals surface area contributed by atoms with Crippen molar-refractivity contribution in [2.75, 3.05) is 12.0 Å². The van der Waals surface area contributed by atoms with Crippen molar-refractivity contribution < 1.29 is 19.4 Å². The fourth-order valence-corrected chi connectivity index (χ4v) is 4.84. The van der Waals surface area contributed by atoms with E-state index in [0.717, 1.165) is 34.1 Å². The molecule has 35 heavy (non-hydrogen) atoms. The molecule has 1 aliphatic rings. The molecular weight excluding hydrogens is 440 g/mol. The molecule has 0 spiro atoms. The number of para-hydroxylation sites is 1. The van der Waals surface area contributed by atoms with Crippen LogP contribution in [0.1, 0.15) is 35.3 Å².